The van der Waals surface area contributed by atoms with E-state index in [0.717, 1.165) is 0 Å². The molecule has 0 saturated carbocycles. The van der Waals surface area contributed by atoms with Gasteiger partial charge in [-0.25, -0.2) is 4.57 Å². The molecule has 0 aromatic rings. The number of phosphoric ester groups is 1. The lowest BCUT2D eigenvalue weighted by Crippen LogP contribution is -2.46. The van der Waals surface area contributed by atoms with Crippen molar-refractivity contribution in [2.75, 3.05) is 33.2 Å². The van der Waals surface area contributed by atoms with E-state index < -0.39 is 22.2 Å². The van der Waals surface area contributed by atoms with E-state index in [0.29, 0.717) is 0 Å². The summed E-state index contributed by atoms with van der Waals surface area (Å²) in [5.41, 5.74) is 0. The molecule has 1 unspecified atom stereocenters. The molecule has 0 aliphatic carbocycles. The highest BCUT2D eigenvalue weighted by atomic mass is 31.2. The van der Waals surface area contributed by atoms with Gasteiger partial charge < -0.3 is 14.3 Å². The Morgan fingerprint density at radius 2 is 1.61 bits per heavy atom. The Bertz CT molecular complexity index is 361. The van der Waals surface area contributed by atoms with Crippen molar-refractivity contribution >= 4 is 16.1 Å². The average Bonchev–Trinajstić information content (AvgIpc) is 2.41. The van der Waals surface area contributed by atoms with Crippen molar-refractivity contribution < 1.29 is 32.4 Å². The predicted octanol–water partition coefficient (Wildman–Crippen LogP) is 3.54. The number of aliphatic hydroxyl groups excluding tert-OH is 1. The number of rotatable bonds is 12. The van der Waals surface area contributed by atoms with Gasteiger partial charge in [0.1, 0.15) is 0 Å². The third-order valence-electron chi connectivity index (χ3n) is 3.64. The van der Waals surface area contributed by atoms with Gasteiger partial charge in [0.2, 0.25) is 0 Å². The fourth-order valence-corrected chi connectivity index (χ4v) is 3.82. The van der Waals surface area contributed by atoms with Crippen molar-refractivity contribution in [1.29, 1.82) is 0 Å². The molecule has 0 radical (unpaired) electrons. The van der Waals surface area contributed by atoms with Gasteiger partial charge >= 0.3 is 7.82 Å². The van der Waals surface area contributed by atoms with Gasteiger partial charge in [-0.3, -0.25) is 13.6 Å². The summed E-state index contributed by atoms with van der Waals surface area (Å²) in [6.07, 6.45) is -0.446. The molecule has 0 heterocycles. The molecule has 0 aliphatic heterocycles. The van der Waals surface area contributed by atoms with E-state index in [4.69, 9.17) is 22.7 Å². The minimum absolute atomic E-state index is 0.0382. The van der Waals surface area contributed by atoms with E-state index in [1.54, 1.807) is 13.8 Å². The molecule has 0 spiro atoms. The van der Waals surface area contributed by atoms with Crippen LogP contribution in [0.2, 0.25) is 18.1 Å². The summed E-state index contributed by atoms with van der Waals surface area (Å²) in [4.78, 5) is 0. The molecular weight excluding hydrogens is 339 g/mol. The summed E-state index contributed by atoms with van der Waals surface area (Å²) in [5.74, 6) is 0. The van der Waals surface area contributed by atoms with E-state index in [-0.39, 0.29) is 38.3 Å². The van der Waals surface area contributed by atoms with Gasteiger partial charge in [0, 0.05) is 0 Å². The lowest BCUT2D eigenvalue weighted by atomic mass is 10.2. The Morgan fingerprint density at radius 3 is 2.00 bits per heavy atom. The molecule has 0 bridgehead atoms. The quantitative estimate of drug-likeness (QED) is 0.243. The van der Waals surface area contributed by atoms with E-state index in [1.165, 1.54) is 0 Å². The molecule has 140 valence electrons. The molecule has 0 saturated heterocycles. The summed E-state index contributed by atoms with van der Waals surface area (Å²) < 4.78 is 38.5. The second-order valence-electron chi connectivity index (χ2n) is 6.58. The maximum absolute atomic E-state index is 12.1. The van der Waals surface area contributed by atoms with Crippen LogP contribution in [0.25, 0.3) is 0 Å². The fraction of sp³-hybridized carbons (Fsp3) is 1.00. The van der Waals surface area contributed by atoms with Gasteiger partial charge in [0.25, 0.3) is 0 Å². The standard InChI is InChI=1S/C14H33O7PSi/c1-8-18-22(16,19-9-2)20-12-17-11-13(10-15)21-23(6,7)14(3,4)5/h13,15H,8-12H2,1-7H3. The summed E-state index contributed by atoms with van der Waals surface area (Å²) >= 11 is 0. The molecule has 0 aliphatic rings. The van der Waals surface area contributed by atoms with Gasteiger partial charge in [0.05, 0.1) is 32.5 Å². The molecule has 0 aromatic carbocycles. The Balaban J connectivity index is 4.35. The van der Waals surface area contributed by atoms with Gasteiger partial charge in [-0.15, -0.1) is 0 Å². The zero-order valence-corrected chi connectivity index (χ0v) is 17.4. The Kier molecular flexibility index (Phi) is 10.3. The molecule has 7 nitrogen and oxygen atoms in total. The van der Waals surface area contributed by atoms with Crippen LogP contribution in [0.4, 0.5) is 0 Å². The molecule has 0 amide bonds. The smallest absolute Gasteiger partial charge is 0.409 e. The van der Waals surface area contributed by atoms with Crippen LogP contribution >= 0.6 is 7.82 Å². The highest BCUT2D eigenvalue weighted by Crippen LogP contribution is 2.49. The number of aliphatic hydroxyl groups is 1. The van der Waals surface area contributed by atoms with Crippen molar-refractivity contribution in [3.8, 4) is 0 Å². The van der Waals surface area contributed by atoms with Gasteiger partial charge in [-0.1, -0.05) is 20.8 Å². The monoisotopic (exact) mass is 372 g/mol. The maximum Gasteiger partial charge on any atom is 0.476 e. The zero-order chi connectivity index (χ0) is 18.1. The Hall–Kier alpha value is 0.207. The third kappa shape index (κ3) is 8.74. The first-order valence-electron chi connectivity index (χ1n) is 7.91. The molecule has 0 rings (SSSR count). The van der Waals surface area contributed by atoms with Crippen LogP contribution in [0.3, 0.4) is 0 Å². The van der Waals surface area contributed by atoms with Crippen LogP contribution in [0.1, 0.15) is 34.6 Å². The molecule has 0 aromatic heterocycles. The number of ether oxygens (including phenoxy) is 1. The maximum atomic E-state index is 12.1. The van der Waals surface area contributed by atoms with Crippen LogP contribution in [-0.4, -0.2) is 52.7 Å². The molecule has 0 fully saturated rings. The summed E-state index contributed by atoms with van der Waals surface area (Å²) in [7, 11) is -5.57. The predicted molar refractivity (Wildman–Crippen MR) is 91.9 cm³/mol. The van der Waals surface area contributed by atoms with Crippen LogP contribution < -0.4 is 0 Å². The Labute approximate surface area is 141 Å². The first-order chi connectivity index (χ1) is 10.5. The fourth-order valence-electron chi connectivity index (χ4n) is 1.43. The van der Waals surface area contributed by atoms with Crippen LogP contribution in [0.15, 0.2) is 0 Å². The lowest BCUT2D eigenvalue weighted by Gasteiger charge is -2.38. The highest BCUT2D eigenvalue weighted by Gasteiger charge is 2.39. The first-order valence-corrected chi connectivity index (χ1v) is 12.3. The van der Waals surface area contributed by atoms with Crippen LogP contribution in [0.5, 0.6) is 0 Å². The summed E-state index contributed by atoms with van der Waals surface area (Å²) in [5, 5.41) is 9.49. The second kappa shape index (κ2) is 10.3. The van der Waals surface area contributed by atoms with E-state index in [2.05, 4.69) is 33.9 Å². The van der Waals surface area contributed by atoms with E-state index >= 15 is 0 Å². The molecule has 1 atom stereocenters. The van der Waals surface area contributed by atoms with Crippen molar-refractivity contribution in [3.05, 3.63) is 0 Å². The van der Waals surface area contributed by atoms with Crippen molar-refractivity contribution in [3.63, 3.8) is 0 Å². The average molecular weight is 372 g/mol. The van der Waals surface area contributed by atoms with E-state index in [9.17, 15) is 9.67 Å². The van der Waals surface area contributed by atoms with Gasteiger partial charge in [-0.05, 0) is 32.0 Å². The minimum atomic E-state index is -3.57. The SMILES string of the molecule is CCOP(=O)(OCC)OCOCC(CO)O[Si](C)(C)C(C)(C)C. The minimum Gasteiger partial charge on any atom is -0.409 e. The lowest BCUT2D eigenvalue weighted by molar-refractivity contribution is -0.0529. The number of phosphoric acid groups is 1. The topological polar surface area (TPSA) is 83.5 Å². The second-order valence-corrected chi connectivity index (χ2v) is 13.0. The molecule has 23 heavy (non-hydrogen) atoms. The highest BCUT2D eigenvalue weighted by molar-refractivity contribution is 7.48. The third-order valence-corrected chi connectivity index (χ3v) is 9.75. The summed E-state index contributed by atoms with van der Waals surface area (Å²) in [6.45, 7) is 14.1. The molecular formula is C14H33O7PSi. The number of hydrogen-bond acceptors (Lipinski definition) is 7. The van der Waals surface area contributed by atoms with Gasteiger partial charge in [0.15, 0.2) is 15.1 Å². The van der Waals surface area contributed by atoms with Crippen molar-refractivity contribution in [2.24, 2.45) is 0 Å². The van der Waals surface area contributed by atoms with Crippen LogP contribution in [-0.2, 0) is 27.3 Å². The normalized spacial score (nSPS) is 15.0. The molecule has 9 heteroatoms. The largest absolute Gasteiger partial charge is 0.476 e. The zero-order valence-electron chi connectivity index (χ0n) is 15.5. The van der Waals surface area contributed by atoms with Crippen molar-refractivity contribution in [2.45, 2.75) is 58.9 Å². The van der Waals surface area contributed by atoms with E-state index in [1.807, 2.05) is 0 Å². The summed E-state index contributed by atoms with van der Waals surface area (Å²) in [6, 6.07) is 0. The van der Waals surface area contributed by atoms with Crippen molar-refractivity contribution in [1.82, 2.24) is 0 Å². The first kappa shape index (κ1) is 23.2. The Morgan fingerprint density at radius 1 is 1.09 bits per heavy atom. The molecule has 1 N–H and O–H groups in total. The van der Waals surface area contributed by atoms with Crippen LogP contribution in [0, 0.1) is 0 Å². The van der Waals surface area contributed by atoms with Gasteiger partial charge in [-0.2, -0.15) is 0 Å². The number of hydrogen-bond donors (Lipinski definition) is 1.